The first-order valence-electron chi connectivity index (χ1n) is 11.4. The number of aryl methyl sites for hydroxylation is 2. The smallest absolute Gasteiger partial charge is 0.271 e. The Balaban J connectivity index is 2.18. The van der Waals surface area contributed by atoms with E-state index in [1.54, 1.807) is 26.3 Å². The molecule has 1 heterocycles. The third-order valence-electron chi connectivity index (χ3n) is 6.05. The number of sulfonamides is 1. The summed E-state index contributed by atoms with van der Waals surface area (Å²) in [6.07, 6.45) is 0. The fourth-order valence-electron chi connectivity index (χ4n) is 3.49. The highest BCUT2D eigenvalue weighted by atomic mass is 32.2. The van der Waals surface area contributed by atoms with Crippen LogP contribution in [-0.4, -0.2) is 37.3 Å². The van der Waals surface area contributed by atoms with Crippen LogP contribution in [0.4, 0.5) is 5.69 Å². The Kier molecular flexibility index (Phi) is 7.71. The molecule has 35 heavy (non-hydrogen) atoms. The number of hydrogen-bond acceptors (Lipinski definition) is 5. The van der Waals surface area contributed by atoms with Crippen LogP contribution in [-0.2, 0) is 28.4 Å². The molecule has 1 aromatic heterocycles. The maximum absolute atomic E-state index is 13.4. The number of aromatic nitrogens is 2. The molecule has 0 aliphatic heterocycles. The van der Waals surface area contributed by atoms with E-state index < -0.39 is 15.9 Å². The molecule has 0 fully saturated rings. The number of benzene rings is 2. The molecule has 8 nitrogen and oxygen atoms in total. The third-order valence-corrected chi connectivity index (χ3v) is 7.41. The quantitative estimate of drug-likeness (QED) is 0.476. The van der Waals surface area contributed by atoms with Crippen LogP contribution in [0.25, 0.3) is 11.3 Å². The van der Waals surface area contributed by atoms with Crippen molar-refractivity contribution in [2.75, 3.05) is 11.8 Å². The second-order valence-corrected chi connectivity index (χ2v) is 11.4. The predicted molar refractivity (Wildman–Crippen MR) is 138 cm³/mol. The summed E-state index contributed by atoms with van der Waals surface area (Å²) >= 11 is 0. The SMILES string of the molecule is COCc1ccccc1-c1nn(C)c(C(=O)NC(C)C(C)(C)C)c1NS(=O)(=O)c1ccc(C)cc1. The Labute approximate surface area is 207 Å². The Morgan fingerprint density at radius 2 is 1.74 bits per heavy atom. The molecule has 0 bridgehead atoms. The van der Waals surface area contributed by atoms with Gasteiger partial charge in [-0.25, -0.2) is 8.42 Å². The molecule has 0 spiro atoms. The van der Waals surface area contributed by atoms with Crippen LogP contribution < -0.4 is 10.0 Å². The second kappa shape index (κ2) is 10.2. The monoisotopic (exact) mass is 498 g/mol. The van der Waals surface area contributed by atoms with Gasteiger partial charge in [0.15, 0.2) is 5.69 Å². The molecular formula is C26H34N4O4S. The number of ether oxygens (including phenoxy) is 1. The van der Waals surface area contributed by atoms with Crippen molar-refractivity contribution < 1.29 is 17.9 Å². The highest BCUT2D eigenvalue weighted by Gasteiger charge is 2.30. The van der Waals surface area contributed by atoms with Crippen molar-refractivity contribution in [3.8, 4) is 11.3 Å². The maximum atomic E-state index is 13.4. The lowest BCUT2D eigenvalue weighted by atomic mass is 9.88. The lowest BCUT2D eigenvalue weighted by molar-refractivity contribution is 0.0901. The normalized spacial score (nSPS) is 12.9. The van der Waals surface area contributed by atoms with Gasteiger partial charge in [-0.3, -0.25) is 14.2 Å². The first kappa shape index (κ1) is 26.4. The Morgan fingerprint density at radius 1 is 1.11 bits per heavy atom. The van der Waals surface area contributed by atoms with Crippen LogP contribution >= 0.6 is 0 Å². The molecule has 1 unspecified atom stereocenters. The van der Waals surface area contributed by atoms with Crippen molar-refractivity contribution in [3.63, 3.8) is 0 Å². The van der Waals surface area contributed by atoms with Gasteiger partial charge in [0.1, 0.15) is 11.4 Å². The van der Waals surface area contributed by atoms with Gasteiger partial charge in [0.25, 0.3) is 15.9 Å². The first-order valence-corrected chi connectivity index (χ1v) is 12.9. The van der Waals surface area contributed by atoms with E-state index in [9.17, 15) is 13.2 Å². The summed E-state index contributed by atoms with van der Waals surface area (Å²) in [5, 5.41) is 7.58. The molecule has 0 aliphatic carbocycles. The van der Waals surface area contributed by atoms with Crippen molar-refractivity contribution in [2.24, 2.45) is 12.5 Å². The summed E-state index contributed by atoms with van der Waals surface area (Å²) in [5.74, 6) is -0.417. The summed E-state index contributed by atoms with van der Waals surface area (Å²) in [6, 6.07) is 13.8. The average molecular weight is 499 g/mol. The van der Waals surface area contributed by atoms with E-state index in [1.165, 1.54) is 16.8 Å². The molecule has 3 rings (SSSR count). The van der Waals surface area contributed by atoms with Gasteiger partial charge in [0, 0.05) is 25.8 Å². The zero-order valence-corrected chi connectivity index (χ0v) is 22.2. The van der Waals surface area contributed by atoms with E-state index in [4.69, 9.17) is 4.74 Å². The van der Waals surface area contributed by atoms with Crippen molar-refractivity contribution in [1.29, 1.82) is 0 Å². The molecule has 9 heteroatoms. The number of rotatable bonds is 8. The van der Waals surface area contributed by atoms with Gasteiger partial charge in [0.05, 0.1) is 11.5 Å². The molecule has 1 atom stereocenters. The molecule has 1 amide bonds. The van der Waals surface area contributed by atoms with E-state index in [0.717, 1.165) is 11.1 Å². The fraction of sp³-hybridized carbons (Fsp3) is 0.385. The van der Waals surface area contributed by atoms with E-state index >= 15 is 0 Å². The maximum Gasteiger partial charge on any atom is 0.271 e. The number of methoxy groups -OCH3 is 1. The Hall–Kier alpha value is -3.17. The van der Waals surface area contributed by atoms with Gasteiger partial charge < -0.3 is 10.1 Å². The fourth-order valence-corrected chi connectivity index (χ4v) is 4.57. The van der Waals surface area contributed by atoms with Crippen LogP contribution in [0.15, 0.2) is 53.4 Å². The number of amides is 1. The molecule has 0 saturated carbocycles. The van der Waals surface area contributed by atoms with Crippen molar-refractivity contribution in [2.45, 2.75) is 52.2 Å². The number of carbonyl (C=O) groups is 1. The molecule has 188 valence electrons. The predicted octanol–water partition coefficient (Wildman–Crippen LogP) is 4.51. The Bertz CT molecular complexity index is 1310. The van der Waals surface area contributed by atoms with E-state index in [2.05, 4.69) is 15.1 Å². The largest absolute Gasteiger partial charge is 0.380 e. The number of nitrogens with zero attached hydrogens (tertiary/aromatic N) is 2. The Morgan fingerprint density at radius 3 is 2.34 bits per heavy atom. The van der Waals surface area contributed by atoms with Crippen LogP contribution in [0.2, 0.25) is 0 Å². The number of nitrogens with one attached hydrogen (secondary N) is 2. The van der Waals surface area contributed by atoms with Gasteiger partial charge in [-0.2, -0.15) is 5.10 Å². The van der Waals surface area contributed by atoms with Crippen molar-refractivity contribution in [1.82, 2.24) is 15.1 Å². The first-order chi connectivity index (χ1) is 16.3. The second-order valence-electron chi connectivity index (χ2n) is 9.77. The van der Waals surface area contributed by atoms with Crippen LogP contribution in [0.3, 0.4) is 0 Å². The summed E-state index contributed by atoms with van der Waals surface area (Å²) in [6.45, 7) is 10.2. The van der Waals surface area contributed by atoms with Gasteiger partial charge in [0.2, 0.25) is 0 Å². The summed E-state index contributed by atoms with van der Waals surface area (Å²) in [4.78, 5) is 13.5. The number of carbonyl (C=O) groups excluding carboxylic acids is 1. The zero-order chi connectivity index (χ0) is 26.0. The lowest BCUT2D eigenvalue weighted by Gasteiger charge is -2.28. The number of anilines is 1. The molecule has 3 aromatic rings. The summed E-state index contributed by atoms with van der Waals surface area (Å²) in [7, 11) is -0.786. The zero-order valence-electron chi connectivity index (χ0n) is 21.3. The molecule has 0 saturated heterocycles. The molecule has 2 aromatic carbocycles. The van der Waals surface area contributed by atoms with E-state index in [1.807, 2.05) is 58.9 Å². The van der Waals surface area contributed by atoms with Gasteiger partial charge in [-0.05, 0) is 37.0 Å². The summed E-state index contributed by atoms with van der Waals surface area (Å²) < 4.78 is 36.1. The minimum Gasteiger partial charge on any atom is -0.380 e. The standard InChI is InChI=1S/C26H34N4O4S/c1-17-12-14-20(15-13-17)35(32,33)29-23-22(21-11-9-8-10-19(21)16-34-7)28-30(6)24(23)25(31)27-18(2)26(3,4)5/h8-15,18,29H,16H2,1-7H3,(H,27,31). The highest BCUT2D eigenvalue weighted by molar-refractivity contribution is 7.92. The van der Waals surface area contributed by atoms with E-state index in [-0.39, 0.29) is 27.7 Å². The highest BCUT2D eigenvalue weighted by Crippen LogP contribution is 2.35. The molecule has 0 aliphatic rings. The molecule has 2 N–H and O–H groups in total. The summed E-state index contributed by atoms with van der Waals surface area (Å²) in [5.41, 5.74) is 2.84. The molecule has 0 radical (unpaired) electrons. The third kappa shape index (κ3) is 5.91. The van der Waals surface area contributed by atoms with Crippen LogP contribution in [0, 0.1) is 12.3 Å². The van der Waals surface area contributed by atoms with Gasteiger partial charge in [-0.1, -0.05) is 62.7 Å². The van der Waals surface area contributed by atoms with Gasteiger partial charge in [-0.15, -0.1) is 0 Å². The topological polar surface area (TPSA) is 102 Å². The molecular weight excluding hydrogens is 464 g/mol. The van der Waals surface area contributed by atoms with Crippen molar-refractivity contribution in [3.05, 3.63) is 65.4 Å². The minimum absolute atomic E-state index is 0.0949. The lowest BCUT2D eigenvalue weighted by Crippen LogP contribution is -2.42. The number of hydrogen-bond donors (Lipinski definition) is 2. The van der Waals surface area contributed by atoms with Crippen LogP contribution in [0.5, 0.6) is 0 Å². The minimum atomic E-state index is -4.00. The average Bonchev–Trinajstić information content (AvgIpc) is 3.09. The van der Waals surface area contributed by atoms with Gasteiger partial charge >= 0.3 is 0 Å². The van der Waals surface area contributed by atoms with Crippen LogP contribution in [0.1, 0.15) is 49.3 Å². The van der Waals surface area contributed by atoms with E-state index in [0.29, 0.717) is 17.9 Å². The van der Waals surface area contributed by atoms with Crippen molar-refractivity contribution >= 4 is 21.6 Å².